The molecule has 26 heavy (non-hydrogen) atoms. The van der Waals surface area contributed by atoms with E-state index >= 15 is 0 Å². The molecule has 1 aromatic rings. The molecule has 0 spiro atoms. The first-order chi connectivity index (χ1) is 12.1. The van der Waals surface area contributed by atoms with E-state index in [1.165, 1.54) is 11.0 Å². The predicted octanol–water partition coefficient (Wildman–Crippen LogP) is 3.38. The Morgan fingerprint density at radius 2 is 2.08 bits per heavy atom. The molecule has 138 valence electrons. The van der Waals surface area contributed by atoms with E-state index in [4.69, 9.17) is 0 Å². The first-order valence-corrected chi connectivity index (χ1v) is 8.04. The lowest BCUT2D eigenvalue weighted by molar-refractivity contribution is -0.137. The van der Waals surface area contributed by atoms with Crippen molar-refractivity contribution in [3.63, 3.8) is 0 Å². The number of alkyl halides is 3. The molecule has 8 heteroatoms. The van der Waals surface area contributed by atoms with Crippen LogP contribution in [0.2, 0.25) is 0 Å². The second-order valence-corrected chi connectivity index (χ2v) is 6.72. The summed E-state index contributed by atoms with van der Waals surface area (Å²) in [6.45, 7) is 3.67. The van der Waals surface area contributed by atoms with Crippen LogP contribution in [0.4, 0.5) is 13.2 Å². The molecule has 0 atom stereocenters. The standard InChI is InChI=1S/C18H18F3N3O2/c1-17(2)6-3-8-24(9-5-12(11-22)15(17)25)16(26)14-10-13(4-7-23-14)18(19,20)21/h4-5,7,10H,3,6,8-9H2,1-2H3/b12-5-. The van der Waals surface area contributed by atoms with Gasteiger partial charge in [0.1, 0.15) is 11.8 Å². The van der Waals surface area contributed by atoms with E-state index in [0.717, 1.165) is 12.3 Å². The summed E-state index contributed by atoms with van der Waals surface area (Å²) in [6.07, 6.45) is -1.35. The molecule has 2 rings (SSSR count). The Bertz CT molecular complexity index is 792. The zero-order valence-corrected chi connectivity index (χ0v) is 14.4. The molecule has 0 radical (unpaired) electrons. The van der Waals surface area contributed by atoms with Crippen LogP contribution in [0.25, 0.3) is 0 Å². The molecule has 0 N–H and O–H groups in total. The van der Waals surface area contributed by atoms with Gasteiger partial charge in [-0.2, -0.15) is 18.4 Å². The van der Waals surface area contributed by atoms with Crippen LogP contribution in [0.5, 0.6) is 0 Å². The van der Waals surface area contributed by atoms with E-state index in [0.29, 0.717) is 18.9 Å². The van der Waals surface area contributed by atoms with Gasteiger partial charge >= 0.3 is 6.18 Å². The second kappa shape index (κ2) is 7.28. The fourth-order valence-electron chi connectivity index (χ4n) is 2.74. The van der Waals surface area contributed by atoms with Gasteiger partial charge in [0.05, 0.1) is 11.1 Å². The van der Waals surface area contributed by atoms with Crippen LogP contribution in [-0.4, -0.2) is 34.7 Å². The summed E-state index contributed by atoms with van der Waals surface area (Å²) in [5.41, 5.74) is -2.07. The maximum absolute atomic E-state index is 12.8. The quantitative estimate of drug-likeness (QED) is 0.765. The number of Topliss-reactive ketones (excluding diaryl/α,β-unsaturated/α-hetero) is 1. The van der Waals surface area contributed by atoms with Crippen molar-refractivity contribution in [3.05, 3.63) is 41.2 Å². The molecular weight excluding hydrogens is 347 g/mol. The largest absolute Gasteiger partial charge is 0.416 e. The number of rotatable bonds is 1. The Labute approximate surface area is 149 Å². The molecule has 0 saturated heterocycles. The number of amides is 1. The van der Waals surface area contributed by atoms with Crippen molar-refractivity contribution in [1.29, 1.82) is 5.26 Å². The van der Waals surface area contributed by atoms with Gasteiger partial charge in [-0.15, -0.1) is 0 Å². The number of hydrogen-bond donors (Lipinski definition) is 0. The molecule has 0 fully saturated rings. The molecule has 0 unspecified atom stereocenters. The fraction of sp³-hybridized carbons (Fsp3) is 0.444. The highest BCUT2D eigenvalue weighted by atomic mass is 19.4. The molecule has 1 amide bonds. The Morgan fingerprint density at radius 1 is 1.38 bits per heavy atom. The third kappa shape index (κ3) is 4.28. The van der Waals surface area contributed by atoms with E-state index in [2.05, 4.69) is 4.98 Å². The van der Waals surface area contributed by atoms with Crippen molar-refractivity contribution < 1.29 is 22.8 Å². The molecule has 1 aliphatic heterocycles. The van der Waals surface area contributed by atoms with Crippen molar-refractivity contribution in [3.8, 4) is 6.07 Å². The van der Waals surface area contributed by atoms with Crippen LogP contribution in [0.15, 0.2) is 30.0 Å². The molecule has 0 saturated carbocycles. The maximum atomic E-state index is 12.8. The molecule has 1 aliphatic rings. The average molecular weight is 365 g/mol. The van der Waals surface area contributed by atoms with Crippen molar-refractivity contribution in [2.24, 2.45) is 5.41 Å². The normalized spacial score (nSPS) is 20.2. The lowest BCUT2D eigenvalue weighted by atomic mass is 9.80. The summed E-state index contributed by atoms with van der Waals surface area (Å²) in [6, 6.07) is 3.35. The number of nitriles is 1. The Kier molecular flexibility index (Phi) is 5.50. The number of carbonyl (C=O) groups excluding carboxylic acids is 2. The van der Waals surface area contributed by atoms with Crippen LogP contribution >= 0.6 is 0 Å². The van der Waals surface area contributed by atoms with E-state index < -0.39 is 23.1 Å². The fourth-order valence-corrected chi connectivity index (χ4v) is 2.74. The molecule has 0 aromatic carbocycles. The highest BCUT2D eigenvalue weighted by Gasteiger charge is 2.33. The highest BCUT2D eigenvalue weighted by molar-refractivity contribution is 6.02. The number of carbonyl (C=O) groups is 2. The van der Waals surface area contributed by atoms with Gasteiger partial charge in [0.25, 0.3) is 5.91 Å². The van der Waals surface area contributed by atoms with Gasteiger partial charge in [0.2, 0.25) is 0 Å². The second-order valence-electron chi connectivity index (χ2n) is 6.72. The summed E-state index contributed by atoms with van der Waals surface area (Å²) in [5, 5.41) is 9.19. The molecule has 5 nitrogen and oxygen atoms in total. The lowest BCUT2D eigenvalue weighted by Crippen LogP contribution is -2.33. The van der Waals surface area contributed by atoms with Gasteiger partial charge in [-0.05, 0) is 31.1 Å². The third-order valence-corrected chi connectivity index (χ3v) is 4.32. The third-order valence-electron chi connectivity index (χ3n) is 4.32. The Morgan fingerprint density at radius 3 is 2.69 bits per heavy atom. The van der Waals surface area contributed by atoms with Gasteiger partial charge in [0, 0.05) is 24.7 Å². The van der Waals surface area contributed by atoms with E-state index in [1.54, 1.807) is 13.8 Å². The topological polar surface area (TPSA) is 74.1 Å². The first kappa shape index (κ1) is 19.6. The van der Waals surface area contributed by atoms with Crippen LogP contribution in [0, 0.1) is 16.7 Å². The molecule has 2 heterocycles. The summed E-state index contributed by atoms with van der Waals surface area (Å²) in [5.74, 6) is -0.969. The predicted molar refractivity (Wildman–Crippen MR) is 86.9 cm³/mol. The number of hydrogen-bond acceptors (Lipinski definition) is 4. The first-order valence-electron chi connectivity index (χ1n) is 8.04. The van der Waals surface area contributed by atoms with E-state index in [9.17, 15) is 28.0 Å². The van der Waals surface area contributed by atoms with Crippen LogP contribution < -0.4 is 0 Å². The maximum Gasteiger partial charge on any atom is 0.416 e. The minimum atomic E-state index is -4.57. The number of halogens is 3. The van der Waals surface area contributed by atoms with Crippen molar-refractivity contribution in [1.82, 2.24) is 9.88 Å². The van der Waals surface area contributed by atoms with E-state index in [-0.39, 0.29) is 30.1 Å². The van der Waals surface area contributed by atoms with Gasteiger partial charge in [-0.1, -0.05) is 13.8 Å². The van der Waals surface area contributed by atoms with Gasteiger partial charge in [-0.3, -0.25) is 14.6 Å². The van der Waals surface area contributed by atoms with Crippen LogP contribution in [0.3, 0.4) is 0 Å². The number of nitrogens with zero attached hydrogens (tertiary/aromatic N) is 3. The highest BCUT2D eigenvalue weighted by Crippen LogP contribution is 2.30. The molecule has 0 bridgehead atoms. The summed E-state index contributed by atoms with van der Waals surface area (Å²) in [4.78, 5) is 30.0. The van der Waals surface area contributed by atoms with Gasteiger partial charge in [-0.25, -0.2) is 0 Å². The van der Waals surface area contributed by atoms with Gasteiger partial charge < -0.3 is 4.90 Å². The van der Waals surface area contributed by atoms with Crippen molar-refractivity contribution in [2.75, 3.05) is 13.1 Å². The molecule has 0 aliphatic carbocycles. The van der Waals surface area contributed by atoms with Crippen molar-refractivity contribution in [2.45, 2.75) is 32.9 Å². The lowest BCUT2D eigenvalue weighted by Gasteiger charge is -2.23. The summed E-state index contributed by atoms with van der Waals surface area (Å²) in [7, 11) is 0. The minimum Gasteiger partial charge on any atom is -0.334 e. The number of ketones is 1. The average Bonchev–Trinajstić information content (AvgIpc) is 2.63. The van der Waals surface area contributed by atoms with Crippen LogP contribution in [-0.2, 0) is 11.0 Å². The minimum absolute atomic E-state index is 0.0402. The Balaban J connectivity index is 2.31. The number of aromatic nitrogens is 1. The monoisotopic (exact) mass is 365 g/mol. The molecule has 1 aromatic heterocycles. The summed E-state index contributed by atoms with van der Waals surface area (Å²) < 4.78 is 38.5. The SMILES string of the molecule is CC1(C)CCCN(C(=O)c2cc(C(F)(F)F)ccn2)C/C=C(/C#N)C1=O. The number of pyridine rings is 1. The van der Waals surface area contributed by atoms with Crippen molar-refractivity contribution >= 4 is 11.7 Å². The van der Waals surface area contributed by atoms with E-state index in [1.807, 2.05) is 6.07 Å². The molecular formula is C18H18F3N3O2. The smallest absolute Gasteiger partial charge is 0.334 e. The zero-order valence-electron chi connectivity index (χ0n) is 14.4. The van der Waals surface area contributed by atoms with Crippen LogP contribution in [0.1, 0.15) is 42.7 Å². The zero-order chi connectivity index (χ0) is 19.5. The van der Waals surface area contributed by atoms with Gasteiger partial charge in [0.15, 0.2) is 5.78 Å². The summed E-state index contributed by atoms with van der Waals surface area (Å²) >= 11 is 0. The number of allylic oxidation sites excluding steroid dienone is 1. The Hall–Kier alpha value is -2.69.